The zero-order valence-electron chi connectivity index (χ0n) is 9.32. The maximum Gasteiger partial charge on any atom is 0.123 e. The van der Waals surface area contributed by atoms with E-state index in [1.165, 1.54) is 25.9 Å². The van der Waals surface area contributed by atoms with E-state index in [9.17, 15) is 5.11 Å². The molecule has 1 heterocycles. The molecule has 3 rings (SSSR count). The summed E-state index contributed by atoms with van der Waals surface area (Å²) in [7, 11) is 0. The van der Waals surface area contributed by atoms with Gasteiger partial charge in [0.05, 0.1) is 0 Å². The lowest BCUT2D eigenvalue weighted by molar-refractivity contribution is 0.481. The van der Waals surface area contributed by atoms with E-state index in [1.807, 2.05) is 36.4 Å². The molecule has 0 unspecified atom stereocenters. The number of rotatable bonds is 0. The lowest BCUT2D eigenvalue weighted by Gasteiger charge is -1.97. The van der Waals surface area contributed by atoms with Crippen molar-refractivity contribution in [1.82, 2.24) is 5.32 Å². The van der Waals surface area contributed by atoms with Crippen molar-refractivity contribution >= 4 is 10.8 Å². The van der Waals surface area contributed by atoms with E-state index >= 15 is 0 Å². The van der Waals surface area contributed by atoms with E-state index in [-0.39, 0.29) is 0 Å². The van der Waals surface area contributed by atoms with Gasteiger partial charge in [0.15, 0.2) is 0 Å². The highest BCUT2D eigenvalue weighted by atomic mass is 16.3. The minimum atomic E-state index is 0.350. The molecule has 0 radical (unpaired) electrons. The SMILES string of the molecule is C1CCNC1.Oc1cccc2ccccc12. The van der Waals surface area contributed by atoms with Crippen molar-refractivity contribution in [1.29, 1.82) is 0 Å². The van der Waals surface area contributed by atoms with Crippen LogP contribution in [0, 0.1) is 0 Å². The lowest BCUT2D eigenvalue weighted by Crippen LogP contribution is -2.03. The highest BCUT2D eigenvalue weighted by molar-refractivity contribution is 5.87. The van der Waals surface area contributed by atoms with Crippen LogP contribution in [0.1, 0.15) is 12.8 Å². The van der Waals surface area contributed by atoms with E-state index in [4.69, 9.17) is 0 Å². The van der Waals surface area contributed by atoms with Gasteiger partial charge in [0.2, 0.25) is 0 Å². The van der Waals surface area contributed by atoms with Crippen molar-refractivity contribution in [3.63, 3.8) is 0 Å². The number of nitrogens with one attached hydrogen (secondary N) is 1. The van der Waals surface area contributed by atoms with E-state index < -0.39 is 0 Å². The Hall–Kier alpha value is -1.54. The Bertz CT molecular complexity index is 436. The van der Waals surface area contributed by atoms with Crippen LogP contribution in [0.15, 0.2) is 42.5 Å². The molecule has 0 bridgehead atoms. The summed E-state index contributed by atoms with van der Waals surface area (Å²) in [4.78, 5) is 0. The van der Waals surface area contributed by atoms with E-state index in [0.717, 1.165) is 10.8 Å². The molecule has 0 saturated carbocycles. The molecule has 1 saturated heterocycles. The fourth-order valence-corrected chi connectivity index (χ4v) is 1.83. The summed E-state index contributed by atoms with van der Waals surface area (Å²) in [5.74, 6) is 0.350. The second-order valence-electron chi connectivity index (χ2n) is 3.96. The minimum absolute atomic E-state index is 0.350. The summed E-state index contributed by atoms with van der Waals surface area (Å²) in [6.45, 7) is 2.50. The third-order valence-electron chi connectivity index (χ3n) is 2.72. The molecular formula is C14H17NO. The first-order valence-electron chi connectivity index (χ1n) is 5.75. The molecule has 0 atom stereocenters. The van der Waals surface area contributed by atoms with Gasteiger partial charge >= 0.3 is 0 Å². The maximum atomic E-state index is 9.37. The van der Waals surface area contributed by atoms with Crippen molar-refractivity contribution in [2.24, 2.45) is 0 Å². The fourth-order valence-electron chi connectivity index (χ4n) is 1.83. The molecule has 2 nitrogen and oxygen atoms in total. The summed E-state index contributed by atoms with van der Waals surface area (Å²) in [6, 6.07) is 13.3. The van der Waals surface area contributed by atoms with E-state index in [0.29, 0.717) is 5.75 Å². The average Bonchev–Trinajstić information content (AvgIpc) is 2.88. The number of fused-ring (bicyclic) bond motifs is 1. The van der Waals surface area contributed by atoms with Gasteiger partial charge in [-0.1, -0.05) is 36.4 Å². The average molecular weight is 215 g/mol. The predicted octanol–water partition coefficient (Wildman–Crippen LogP) is 2.92. The molecule has 0 aliphatic carbocycles. The molecule has 2 aromatic carbocycles. The van der Waals surface area contributed by atoms with Gasteiger partial charge in [0, 0.05) is 5.39 Å². The van der Waals surface area contributed by atoms with Gasteiger partial charge in [-0.3, -0.25) is 0 Å². The van der Waals surface area contributed by atoms with Crippen LogP contribution in [0.2, 0.25) is 0 Å². The Balaban J connectivity index is 0.000000162. The molecule has 0 spiro atoms. The topological polar surface area (TPSA) is 32.3 Å². The molecule has 1 fully saturated rings. The molecule has 1 aliphatic rings. The van der Waals surface area contributed by atoms with Gasteiger partial charge in [-0.15, -0.1) is 0 Å². The van der Waals surface area contributed by atoms with Crippen molar-refractivity contribution in [2.75, 3.05) is 13.1 Å². The first-order chi connectivity index (χ1) is 7.88. The fraction of sp³-hybridized carbons (Fsp3) is 0.286. The Morgan fingerprint density at radius 2 is 1.56 bits per heavy atom. The monoisotopic (exact) mass is 215 g/mol. The molecule has 16 heavy (non-hydrogen) atoms. The number of phenolic OH excluding ortho intramolecular Hbond substituents is 1. The molecule has 2 heteroatoms. The summed E-state index contributed by atoms with van der Waals surface area (Å²) < 4.78 is 0. The maximum absolute atomic E-state index is 9.37. The lowest BCUT2D eigenvalue weighted by atomic mass is 10.1. The van der Waals surface area contributed by atoms with Gasteiger partial charge in [0.25, 0.3) is 0 Å². The van der Waals surface area contributed by atoms with Crippen LogP contribution in [0.5, 0.6) is 5.75 Å². The molecular weight excluding hydrogens is 198 g/mol. The van der Waals surface area contributed by atoms with Gasteiger partial charge in [0.1, 0.15) is 5.75 Å². The Labute approximate surface area is 95.9 Å². The standard InChI is InChI=1S/C10H8O.C4H9N/c11-10-7-3-5-8-4-1-2-6-9(8)10;1-2-4-5-3-1/h1-7,11H;5H,1-4H2. The van der Waals surface area contributed by atoms with Crippen molar-refractivity contribution in [2.45, 2.75) is 12.8 Å². The summed E-state index contributed by atoms with van der Waals surface area (Å²) in [5, 5.41) is 14.6. The molecule has 2 aromatic rings. The highest BCUT2D eigenvalue weighted by Crippen LogP contribution is 2.22. The number of hydrogen-bond donors (Lipinski definition) is 2. The van der Waals surface area contributed by atoms with Crippen LogP contribution in [0.3, 0.4) is 0 Å². The summed E-state index contributed by atoms with van der Waals surface area (Å²) in [6.07, 6.45) is 2.78. The second kappa shape index (κ2) is 5.52. The molecule has 1 aliphatic heterocycles. The van der Waals surface area contributed by atoms with Gasteiger partial charge in [-0.25, -0.2) is 0 Å². The highest BCUT2D eigenvalue weighted by Gasteiger charge is 1.94. The van der Waals surface area contributed by atoms with Gasteiger partial charge in [-0.2, -0.15) is 0 Å². The second-order valence-corrected chi connectivity index (χ2v) is 3.96. The summed E-state index contributed by atoms with van der Waals surface area (Å²) >= 11 is 0. The van der Waals surface area contributed by atoms with Crippen LogP contribution in [-0.2, 0) is 0 Å². The van der Waals surface area contributed by atoms with E-state index in [2.05, 4.69) is 5.32 Å². The summed E-state index contributed by atoms with van der Waals surface area (Å²) in [5.41, 5.74) is 0. The zero-order valence-corrected chi connectivity index (χ0v) is 9.32. The predicted molar refractivity (Wildman–Crippen MR) is 67.7 cm³/mol. The number of aromatic hydroxyl groups is 1. The van der Waals surface area contributed by atoms with Gasteiger partial charge in [-0.05, 0) is 37.4 Å². The van der Waals surface area contributed by atoms with Crippen molar-refractivity contribution in [3.8, 4) is 5.75 Å². The first-order valence-corrected chi connectivity index (χ1v) is 5.75. The Morgan fingerprint density at radius 1 is 0.875 bits per heavy atom. The third-order valence-corrected chi connectivity index (χ3v) is 2.72. The number of benzene rings is 2. The first kappa shape index (κ1) is 11.0. The molecule has 84 valence electrons. The van der Waals surface area contributed by atoms with Crippen LogP contribution < -0.4 is 5.32 Å². The van der Waals surface area contributed by atoms with E-state index in [1.54, 1.807) is 6.07 Å². The quantitative estimate of drug-likeness (QED) is 0.708. The zero-order chi connectivity index (χ0) is 11.2. The third kappa shape index (κ3) is 2.74. The number of hydrogen-bond acceptors (Lipinski definition) is 2. The van der Waals surface area contributed by atoms with Crippen LogP contribution in [-0.4, -0.2) is 18.2 Å². The largest absolute Gasteiger partial charge is 0.507 e. The molecule has 0 amide bonds. The van der Waals surface area contributed by atoms with Crippen molar-refractivity contribution < 1.29 is 5.11 Å². The number of phenols is 1. The minimum Gasteiger partial charge on any atom is -0.507 e. The van der Waals surface area contributed by atoms with Crippen LogP contribution in [0.25, 0.3) is 10.8 Å². The molecule has 2 N–H and O–H groups in total. The van der Waals surface area contributed by atoms with Crippen LogP contribution >= 0.6 is 0 Å². The van der Waals surface area contributed by atoms with Gasteiger partial charge < -0.3 is 10.4 Å². The van der Waals surface area contributed by atoms with Crippen LogP contribution in [0.4, 0.5) is 0 Å². The molecule has 0 aromatic heterocycles. The smallest absolute Gasteiger partial charge is 0.123 e. The Morgan fingerprint density at radius 3 is 2.19 bits per heavy atom. The normalized spacial score (nSPS) is 14.5. The Kier molecular flexibility index (Phi) is 3.78. The van der Waals surface area contributed by atoms with Crippen molar-refractivity contribution in [3.05, 3.63) is 42.5 Å².